The number of hydrogen-bond acceptors (Lipinski definition) is 7. The predicted molar refractivity (Wildman–Crippen MR) is 95.5 cm³/mol. The second-order valence-corrected chi connectivity index (χ2v) is 9.03. The number of H-pyrrole nitrogens is 1. The second-order valence-electron chi connectivity index (χ2n) is 6.36. The molecule has 0 amide bonds. The van der Waals surface area contributed by atoms with Gasteiger partial charge in [0.1, 0.15) is 16.7 Å². The summed E-state index contributed by atoms with van der Waals surface area (Å²) < 4.78 is 23.8. The number of rotatable bonds is 5. The van der Waals surface area contributed by atoms with Gasteiger partial charge in [0.15, 0.2) is 9.84 Å². The lowest BCUT2D eigenvalue weighted by atomic mass is 9.98. The van der Waals surface area contributed by atoms with E-state index >= 15 is 0 Å². The van der Waals surface area contributed by atoms with Crippen LogP contribution >= 0.6 is 0 Å². The second kappa shape index (κ2) is 5.81. The third-order valence-corrected chi connectivity index (χ3v) is 7.35. The highest BCUT2D eigenvalue weighted by Crippen LogP contribution is 2.33. The highest BCUT2D eigenvalue weighted by Gasteiger charge is 2.53. The smallest absolute Gasteiger partial charge is 0.160 e. The molecule has 134 valence electrons. The zero-order valence-corrected chi connectivity index (χ0v) is 14.9. The summed E-state index contributed by atoms with van der Waals surface area (Å²) >= 11 is 0. The van der Waals surface area contributed by atoms with Crippen molar-refractivity contribution in [3.8, 4) is 17.3 Å². The van der Waals surface area contributed by atoms with Crippen molar-refractivity contribution in [1.82, 2.24) is 24.8 Å². The Morgan fingerprint density at radius 1 is 1.38 bits per heavy atom. The van der Waals surface area contributed by atoms with E-state index in [1.165, 1.54) is 6.33 Å². The van der Waals surface area contributed by atoms with Gasteiger partial charge in [-0.3, -0.25) is 5.01 Å². The Morgan fingerprint density at radius 3 is 2.92 bits per heavy atom. The minimum atomic E-state index is -3.32. The van der Waals surface area contributed by atoms with E-state index in [0.717, 1.165) is 22.3 Å². The first-order valence-corrected chi connectivity index (χ1v) is 9.82. The van der Waals surface area contributed by atoms with E-state index < -0.39 is 14.6 Å². The van der Waals surface area contributed by atoms with Crippen LogP contribution in [-0.4, -0.2) is 56.8 Å². The molecule has 0 aliphatic carbocycles. The van der Waals surface area contributed by atoms with E-state index in [4.69, 9.17) is 5.26 Å². The van der Waals surface area contributed by atoms with E-state index in [2.05, 4.69) is 20.1 Å². The van der Waals surface area contributed by atoms with Gasteiger partial charge in [0, 0.05) is 22.9 Å². The van der Waals surface area contributed by atoms with Crippen LogP contribution in [-0.2, 0) is 9.84 Å². The first kappa shape index (κ1) is 16.5. The Morgan fingerprint density at radius 2 is 2.19 bits per heavy atom. The summed E-state index contributed by atoms with van der Waals surface area (Å²) in [6.45, 7) is 2.11. The van der Waals surface area contributed by atoms with Gasteiger partial charge in [0.25, 0.3) is 0 Å². The van der Waals surface area contributed by atoms with Crippen molar-refractivity contribution in [3.05, 3.63) is 31.0 Å². The molecular formula is C16H17N7O2S. The summed E-state index contributed by atoms with van der Waals surface area (Å²) in [5, 5.41) is 16.1. The van der Waals surface area contributed by atoms with Crippen molar-refractivity contribution in [2.75, 3.05) is 23.9 Å². The Labute approximate surface area is 150 Å². The average Bonchev–Trinajstić information content (AvgIpc) is 3.26. The molecule has 0 radical (unpaired) electrons. The van der Waals surface area contributed by atoms with Crippen LogP contribution in [0.1, 0.15) is 13.3 Å². The molecule has 0 saturated carbocycles. The molecule has 1 saturated heterocycles. The van der Waals surface area contributed by atoms with Crippen LogP contribution in [0.25, 0.3) is 22.3 Å². The van der Waals surface area contributed by atoms with Crippen molar-refractivity contribution < 1.29 is 8.42 Å². The van der Waals surface area contributed by atoms with Crippen LogP contribution in [0.3, 0.4) is 0 Å². The van der Waals surface area contributed by atoms with Gasteiger partial charge in [-0.05, 0) is 6.07 Å². The quantitative estimate of drug-likeness (QED) is 0.706. The van der Waals surface area contributed by atoms with Crippen molar-refractivity contribution in [2.24, 2.45) is 0 Å². The zero-order chi connectivity index (χ0) is 18.4. The van der Waals surface area contributed by atoms with Gasteiger partial charge in [0.05, 0.1) is 43.7 Å². The van der Waals surface area contributed by atoms with Crippen molar-refractivity contribution in [1.29, 1.82) is 5.26 Å². The summed E-state index contributed by atoms with van der Waals surface area (Å²) in [6.07, 6.45) is 6.77. The highest BCUT2D eigenvalue weighted by atomic mass is 32.2. The fraction of sp³-hybridized carbons (Fsp3) is 0.375. The fourth-order valence-corrected chi connectivity index (χ4v) is 4.91. The normalized spacial score (nSPS) is 16.4. The van der Waals surface area contributed by atoms with Gasteiger partial charge in [-0.25, -0.2) is 18.4 Å². The number of nitrogens with zero attached hydrogens (tertiary/aromatic N) is 6. The Kier molecular flexibility index (Phi) is 3.69. The monoisotopic (exact) mass is 371 g/mol. The molecule has 1 fully saturated rings. The molecule has 4 heterocycles. The maximum absolute atomic E-state index is 12.4. The molecule has 9 nitrogen and oxygen atoms in total. The van der Waals surface area contributed by atoms with Gasteiger partial charge >= 0.3 is 0 Å². The first-order valence-electron chi connectivity index (χ1n) is 8.17. The third kappa shape index (κ3) is 2.35. The number of sulfone groups is 1. The standard InChI is InChI=1S/C16H17N7O2S/c1-2-26(24,25)16(4-5-17)9-22(10-16)23-8-12(7-21-23)14-13-3-6-18-15(13)20-11-19-14/h3,6-8,11H,2,4,9-10H2,1H3,(H,18,19,20). The molecule has 0 aromatic carbocycles. The lowest BCUT2D eigenvalue weighted by Crippen LogP contribution is -2.69. The Hall–Kier alpha value is -2.93. The molecule has 10 heteroatoms. The van der Waals surface area contributed by atoms with Crippen molar-refractivity contribution in [2.45, 2.75) is 18.1 Å². The number of aromatic amines is 1. The van der Waals surface area contributed by atoms with E-state index in [1.54, 1.807) is 24.1 Å². The Balaban J connectivity index is 1.61. The number of hydrogen-bond donors (Lipinski definition) is 1. The predicted octanol–water partition coefficient (Wildman–Crippen LogP) is 0.860. The molecule has 0 unspecified atom stereocenters. The minimum absolute atomic E-state index is 0.0102. The van der Waals surface area contributed by atoms with Crippen LogP contribution in [0, 0.1) is 11.3 Å². The molecule has 1 N–H and O–H groups in total. The molecule has 0 spiro atoms. The van der Waals surface area contributed by atoms with Crippen molar-refractivity contribution >= 4 is 20.9 Å². The molecule has 3 aromatic heterocycles. The highest BCUT2D eigenvalue weighted by molar-refractivity contribution is 7.92. The van der Waals surface area contributed by atoms with Crippen LogP contribution in [0.5, 0.6) is 0 Å². The lowest BCUT2D eigenvalue weighted by Gasteiger charge is -2.48. The molecule has 1 aliphatic rings. The first-order chi connectivity index (χ1) is 12.5. The lowest BCUT2D eigenvalue weighted by molar-refractivity contribution is 0.335. The Bertz CT molecular complexity index is 1100. The van der Waals surface area contributed by atoms with Gasteiger partial charge in [0.2, 0.25) is 0 Å². The van der Waals surface area contributed by atoms with E-state index in [9.17, 15) is 8.42 Å². The van der Waals surface area contributed by atoms with Crippen molar-refractivity contribution in [3.63, 3.8) is 0 Å². The number of nitrogens with one attached hydrogen (secondary N) is 1. The van der Waals surface area contributed by atoms with Crippen LogP contribution < -0.4 is 5.01 Å². The van der Waals surface area contributed by atoms with Crippen LogP contribution in [0.2, 0.25) is 0 Å². The minimum Gasteiger partial charge on any atom is -0.346 e. The number of aromatic nitrogens is 5. The third-order valence-electron chi connectivity index (χ3n) is 4.87. The summed E-state index contributed by atoms with van der Waals surface area (Å²) in [4.78, 5) is 13.2. The van der Waals surface area contributed by atoms with Gasteiger partial charge in [-0.15, -0.1) is 0 Å². The maximum atomic E-state index is 12.4. The molecule has 1 aliphatic heterocycles. The largest absolute Gasteiger partial charge is 0.346 e. The molecule has 0 bridgehead atoms. The summed E-state index contributed by atoms with van der Waals surface area (Å²) in [6, 6.07) is 3.92. The molecular weight excluding hydrogens is 354 g/mol. The molecule has 0 atom stereocenters. The summed E-state index contributed by atoms with van der Waals surface area (Å²) in [5.41, 5.74) is 2.31. The number of fused-ring (bicyclic) bond motifs is 1. The molecule has 4 rings (SSSR count). The fourth-order valence-electron chi connectivity index (χ4n) is 3.32. The van der Waals surface area contributed by atoms with Crippen LogP contribution in [0.4, 0.5) is 0 Å². The van der Waals surface area contributed by atoms with E-state index in [-0.39, 0.29) is 25.3 Å². The van der Waals surface area contributed by atoms with Gasteiger partial charge in [-0.2, -0.15) is 15.2 Å². The summed E-state index contributed by atoms with van der Waals surface area (Å²) in [5.74, 6) is 0.0271. The molecule has 3 aromatic rings. The van der Waals surface area contributed by atoms with Gasteiger partial charge in [-0.1, -0.05) is 6.92 Å². The summed E-state index contributed by atoms with van der Waals surface area (Å²) in [7, 11) is -3.32. The SMILES string of the molecule is CCS(=O)(=O)C1(CC#N)CN(n2cc(-c3ncnc4[nH]ccc34)cn2)C1. The maximum Gasteiger partial charge on any atom is 0.160 e. The van der Waals surface area contributed by atoms with Crippen LogP contribution in [0.15, 0.2) is 31.0 Å². The van der Waals surface area contributed by atoms with E-state index in [0.29, 0.717) is 0 Å². The topological polar surface area (TPSA) is 121 Å². The number of nitriles is 1. The zero-order valence-electron chi connectivity index (χ0n) is 14.1. The van der Waals surface area contributed by atoms with Gasteiger partial charge < -0.3 is 4.98 Å². The molecule has 26 heavy (non-hydrogen) atoms. The van der Waals surface area contributed by atoms with E-state index in [1.807, 2.05) is 23.3 Å². The average molecular weight is 371 g/mol.